The first-order valence-electron chi connectivity index (χ1n) is 10.4. The van der Waals surface area contributed by atoms with Crippen molar-refractivity contribution in [3.8, 4) is 28.7 Å². The Morgan fingerprint density at radius 2 is 1.56 bits per heavy atom. The third kappa shape index (κ3) is 3.69. The molecule has 0 unspecified atom stereocenters. The van der Waals surface area contributed by atoms with Crippen LogP contribution in [-0.4, -0.2) is 31.8 Å². The quantitative estimate of drug-likeness (QED) is 0.495. The van der Waals surface area contributed by atoms with E-state index in [9.17, 15) is 4.79 Å². The van der Waals surface area contributed by atoms with E-state index >= 15 is 0 Å². The number of anilines is 1. The van der Waals surface area contributed by atoms with Crippen LogP contribution in [0.15, 0.2) is 70.6 Å². The minimum atomic E-state index is -0.181. The molecule has 3 aromatic carbocycles. The van der Waals surface area contributed by atoms with Crippen LogP contribution in [0.3, 0.4) is 0 Å². The summed E-state index contributed by atoms with van der Waals surface area (Å²) in [5.41, 5.74) is 2.17. The van der Waals surface area contributed by atoms with E-state index in [1.807, 2.05) is 48.5 Å². The van der Waals surface area contributed by atoms with Crippen LogP contribution in [-0.2, 0) is 4.79 Å². The number of nitrogens with zero attached hydrogens (tertiary/aromatic N) is 2. The summed E-state index contributed by atoms with van der Waals surface area (Å²) in [6.07, 6.45) is 1.84. The summed E-state index contributed by atoms with van der Waals surface area (Å²) in [4.78, 5) is 20.4. The number of thioether (sulfide) groups is 1. The third-order valence-electron chi connectivity index (χ3n) is 5.42. The molecule has 1 saturated heterocycles. The molecule has 9 heteroatoms. The van der Waals surface area contributed by atoms with Gasteiger partial charge < -0.3 is 23.7 Å². The highest BCUT2D eigenvalue weighted by molar-refractivity contribution is 8.19. The molecule has 1 fully saturated rings. The smallest absolute Gasteiger partial charge is 0.271 e. The van der Waals surface area contributed by atoms with Crippen LogP contribution in [0.25, 0.3) is 6.08 Å². The Kier molecular flexibility index (Phi) is 5.03. The Bertz CT molecular complexity index is 1350. The van der Waals surface area contributed by atoms with Gasteiger partial charge in [0, 0.05) is 12.1 Å². The van der Waals surface area contributed by atoms with Gasteiger partial charge in [-0.1, -0.05) is 12.1 Å². The fraction of sp³-hybridized carbons (Fsp3) is 0.120. The molecule has 1 amide bonds. The normalized spacial score (nSPS) is 18.3. The molecular weight excluding hydrogens is 456 g/mol. The van der Waals surface area contributed by atoms with E-state index in [-0.39, 0.29) is 19.5 Å². The third-order valence-corrected chi connectivity index (χ3v) is 6.38. The predicted molar refractivity (Wildman–Crippen MR) is 128 cm³/mol. The highest BCUT2D eigenvalue weighted by Gasteiger charge is 2.35. The standard InChI is InChI=1S/C25H18N2O6S/c1-29-18-6-2-15(3-7-18)10-23-24(28)27(17-5-9-20-22(12-17)33-14-31-20)25(34-23)26-16-4-8-19-21(11-16)32-13-30-19/h2-12H,13-14H2,1H3/b23-10-,26-25?. The predicted octanol–water partition coefficient (Wildman–Crippen LogP) is 4.96. The molecule has 0 spiro atoms. The minimum absolute atomic E-state index is 0.155. The van der Waals surface area contributed by atoms with Crippen molar-refractivity contribution < 1.29 is 28.5 Å². The highest BCUT2D eigenvalue weighted by Crippen LogP contribution is 2.42. The van der Waals surface area contributed by atoms with Gasteiger partial charge in [-0.2, -0.15) is 0 Å². The number of amidine groups is 1. The number of rotatable bonds is 4. The van der Waals surface area contributed by atoms with Gasteiger partial charge >= 0.3 is 0 Å². The van der Waals surface area contributed by atoms with Crippen LogP contribution < -0.4 is 28.6 Å². The lowest BCUT2D eigenvalue weighted by Crippen LogP contribution is -2.28. The molecule has 0 aliphatic carbocycles. The van der Waals surface area contributed by atoms with Gasteiger partial charge in [0.1, 0.15) is 5.75 Å². The molecule has 34 heavy (non-hydrogen) atoms. The number of aliphatic imine (C=N–C) groups is 1. The second kappa shape index (κ2) is 8.35. The van der Waals surface area contributed by atoms with Gasteiger partial charge in [-0.25, -0.2) is 4.99 Å². The Morgan fingerprint density at radius 1 is 0.882 bits per heavy atom. The van der Waals surface area contributed by atoms with Crippen molar-refractivity contribution in [2.45, 2.75) is 0 Å². The van der Waals surface area contributed by atoms with Gasteiger partial charge in [-0.05, 0) is 59.8 Å². The SMILES string of the molecule is COc1ccc(/C=C2\SC(=Nc3ccc4c(c3)OCO4)N(c3ccc4c(c3)OCO4)C2=O)cc1. The van der Waals surface area contributed by atoms with Crippen molar-refractivity contribution in [1.82, 2.24) is 0 Å². The van der Waals surface area contributed by atoms with Crippen molar-refractivity contribution in [2.75, 3.05) is 25.6 Å². The molecule has 170 valence electrons. The monoisotopic (exact) mass is 474 g/mol. The van der Waals surface area contributed by atoms with Crippen LogP contribution in [0.5, 0.6) is 28.7 Å². The van der Waals surface area contributed by atoms with Crippen molar-refractivity contribution in [1.29, 1.82) is 0 Å². The lowest BCUT2D eigenvalue weighted by Gasteiger charge is -2.16. The number of fused-ring (bicyclic) bond motifs is 2. The van der Waals surface area contributed by atoms with Gasteiger partial charge in [0.15, 0.2) is 28.2 Å². The van der Waals surface area contributed by atoms with Crippen molar-refractivity contribution in [2.24, 2.45) is 4.99 Å². The van der Waals surface area contributed by atoms with Crippen molar-refractivity contribution >= 4 is 40.3 Å². The number of hydrogen-bond donors (Lipinski definition) is 0. The number of amides is 1. The van der Waals surface area contributed by atoms with Crippen LogP contribution >= 0.6 is 11.8 Å². The first kappa shape index (κ1) is 20.5. The molecule has 3 aliphatic rings. The topological polar surface area (TPSA) is 78.8 Å². The summed E-state index contributed by atoms with van der Waals surface area (Å²) in [5, 5.41) is 0.516. The van der Waals surface area contributed by atoms with E-state index in [1.165, 1.54) is 11.8 Å². The first-order chi connectivity index (χ1) is 16.7. The summed E-state index contributed by atoms with van der Waals surface area (Å²) >= 11 is 1.30. The molecule has 3 aromatic rings. The molecule has 0 atom stereocenters. The zero-order valence-electron chi connectivity index (χ0n) is 18.0. The molecule has 0 aromatic heterocycles. The molecule has 3 heterocycles. The number of methoxy groups -OCH3 is 1. The largest absolute Gasteiger partial charge is 0.497 e. The maximum Gasteiger partial charge on any atom is 0.271 e. The fourth-order valence-electron chi connectivity index (χ4n) is 3.72. The summed E-state index contributed by atoms with van der Waals surface area (Å²) in [7, 11) is 1.62. The molecule has 0 bridgehead atoms. The van der Waals surface area contributed by atoms with E-state index in [4.69, 9.17) is 28.7 Å². The fourth-order valence-corrected chi connectivity index (χ4v) is 4.72. The van der Waals surface area contributed by atoms with Gasteiger partial charge in [0.05, 0.1) is 23.4 Å². The van der Waals surface area contributed by atoms with Crippen LogP contribution in [0.2, 0.25) is 0 Å². The van der Waals surface area contributed by atoms with E-state index in [0.717, 1.165) is 11.3 Å². The number of carbonyl (C=O) groups is 1. The zero-order chi connectivity index (χ0) is 23.1. The molecule has 0 N–H and O–H groups in total. The van der Waals surface area contributed by atoms with Gasteiger partial charge in [-0.15, -0.1) is 0 Å². The van der Waals surface area contributed by atoms with Gasteiger partial charge in [0.2, 0.25) is 13.6 Å². The van der Waals surface area contributed by atoms with E-state index < -0.39 is 0 Å². The molecule has 8 nitrogen and oxygen atoms in total. The van der Waals surface area contributed by atoms with Crippen LogP contribution in [0.1, 0.15) is 5.56 Å². The maximum absolute atomic E-state index is 13.5. The second-order valence-corrected chi connectivity index (χ2v) is 8.50. The molecule has 0 saturated carbocycles. The van der Waals surface area contributed by atoms with E-state index in [1.54, 1.807) is 30.2 Å². The zero-order valence-corrected chi connectivity index (χ0v) is 18.8. The average Bonchev–Trinajstić information content (AvgIpc) is 3.58. The highest BCUT2D eigenvalue weighted by atomic mass is 32.2. The van der Waals surface area contributed by atoms with E-state index in [2.05, 4.69) is 0 Å². The van der Waals surface area contributed by atoms with Gasteiger partial charge in [-0.3, -0.25) is 9.69 Å². The second-order valence-electron chi connectivity index (χ2n) is 7.49. The summed E-state index contributed by atoms with van der Waals surface area (Å²) in [6.45, 7) is 0.336. The molecule has 6 rings (SSSR count). The van der Waals surface area contributed by atoms with Crippen molar-refractivity contribution in [3.05, 3.63) is 71.1 Å². The Morgan fingerprint density at radius 3 is 2.29 bits per heavy atom. The molecular formula is C25H18N2O6S. The lowest BCUT2D eigenvalue weighted by atomic mass is 10.2. The van der Waals surface area contributed by atoms with Crippen LogP contribution in [0.4, 0.5) is 11.4 Å². The number of hydrogen-bond acceptors (Lipinski definition) is 8. The number of carbonyl (C=O) groups excluding carboxylic acids is 1. The minimum Gasteiger partial charge on any atom is -0.497 e. The summed E-state index contributed by atoms with van der Waals surface area (Å²) in [5.74, 6) is 3.10. The molecule has 3 aliphatic heterocycles. The lowest BCUT2D eigenvalue weighted by molar-refractivity contribution is -0.113. The first-order valence-corrected chi connectivity index (χ1v) is 11.3. The van der Waals surface area contributed by atoms with Crippen molar-refractivity contribution in [3.63, 3.8) is 0 Å². The number of benzene rings is 3. The van der Waals surface area contributed by atoms with Gasteiger partial charge in [0.25, 0.3) is 5.91 Å². The molecule has 0 radical (unpaired) electrons. The number of ether oxygens (including phenoxy) is 5. The summed E-state index contributed by atoms with van der Waals surface area (Å²) < 4.78 is 27.0. The Hall–Kier alpha value is -4.11. The van der Waals surface area contributed by atoms with E-state index in [0.29, 0.717) is 44.4 Å². The maximum atomic E-state index is 13.5. The Balaban J connectivity index is 1.40. The Labute approximate surface area is 199 Å². The van der Waals surface area contributed by atoms with Crippen LogP contribution in [0, 0.1) is 0 Å². The average molecular weight is 474 g/mol. The summed E-state index contributed by atoms with van der Waals surface area (Å²) in [6, 6.07) is 18.3.